The molecule has 14 aromatic carbocycles. The first-order chi connectivity index (χ1) is 42.7. The zero-order valence-electron chi connectivity index (χ0n) is 47.1. The van der Waals surface area contributed by atoms with Crippen molar-refractivity contribution in [2.75, 3.05) is 4.90 Å². The van der Waals surface area contributed by atoms with Crippen LogP contribution in [0.3, 0.4) is 0 Å². The number of anilines is 3. The quantitative estimate of drug-likeness (QED) is 0.147. The molecule has 1 aliphatic heterocycles. The fraction of sp³-hybridized carbons (Fsp3) is 0.0238. The largest absolute Gasteiger partial charge is 0.309 e. The van der Waals surface area contributed by atoms with E-state index in [0.717, 1.165) is 28.2 Å². The smallest absolute Gasteiger partial charge is 0.0754 e. The van der Waals surface area contributed by atoms with Crippen LogP contribution in [0.25, 0.3) is 93.9 Å². The van der Waals surface area contributed by atoms with Crippen molar-refractivity contribution in [3.8, 4) is 61.3 Å². The Morgan fingerprint density at radius 1 is 0.267 bits per heavy atom. The Kier molecular flexibility index (Phi) is 10.6. The number of hydrogen-bond donors (Lipinski definition) is 0. The van der Waals surface area contributed by atoms with Crippen molar-refractivity contribution in [2.24, 2.45) is 0 Å². The van der Waals surface area contributed by atoms with Gasteiger partial charge in [-0.25, -0.2) is 0 Å². The van der Waals surface area contributed by atoms with Crippen LogP contribution in [0.5, 0.6) is 0 Å². The fourth-order valence-electron chi connectivity index (χ4n) is 15.8. The molecule has 2 heteroatoms. The van der Waals surface area contributed by atoms with Crippen LogP contribution < -0.4 is 4.90 Å². The van der Waals surface area contributed by atoms with Crippen LogP contribution in [0, 0.1) is 0 Å². The van der Waals surface area contributed by atoms with Gasteiger partial charge in [-0.1, -0.05) is 273 Å². The maximum absolute atomic E-state index is 2.54. The first-order valence-corrected chi connectivity index (χ1v) is 30.0. The third kappa shape index (κ3) is 6.72. The van der Waals surface area contributed by atoms with Gasteiger partial charge in [-0.15, -0.1) is 0 Å². The third-order valence-electron chi connectivity index (χ3n) is 19.2. The number of benzene rings is 14. The summed E-state index contributed by atoms with van der Waals surface area (Å²) in [5.41, 5.74) is 28.4. The van der Waals surface area contributed by atoms with Gasteiger partial charge in [0.2, 0.25) is 0 Å². The highest BCUT2D eigenvalue weighted by atomic mass is 15.1. The van der Waals surface area contributed by atoms with Crippen LogP contribution in [-0.4, -0.2) is 4.57 Å². The van der Waals surface area contributed by atoms with E-state index in [4.69, 9.17) is 0 Å². The Morgan fingerprint density at radius 2 is 0.791 bits per heavy atom. The van der Waals surface area contributed by atoms with Gasteiger partial charge in [0.25, 0.3) is 0 Å². The number of nitrogens with zero attached hydrogens (tertiary/aromatic N) is 2. The summed E-state index contributed by atoms with van der Waals surface area (Å²) < 4.78 is 2.53. The summed E-state index contributed by atoms with van der Waals surface area (Å²) in [6.07, 6.45) is 0. The number of rotatable bonds is 8. The predicted octanol–water partition coefficient (Wildman–Crippen LogP) is 21.4. The zero-order chi connectivity index (χ0) is 56.5. The lowest BCUT2D eigenvalue weighted by atomic mass is 9.65. The molecule has 0 saturated carbocycles. The van der Waals surface area contributed by atoms with Crippen LogP contribution >= 0.6 is 0 Å². The van der Waals surface area contributed by atoms with Crippen LogP contribution in [0.4, 0.5) is 17.1 Å². The van der Waals surface area contributed by atoms with Crippen molar-refractivity contribution < 1.29 is 0 Å². The van der Waals surface area contributed by atoms with Gasteiger partial charge in [-0.3, -0.25) is 0 Å². The summed E-state index contributed by atoms with van der Waals surface area (Å²) in [7, 11) is 0. The topological polar surface area (TPSA) is 8.17 Å². The Balaban J connectivity index is 0.828. The van der Waals surface area contributed by atoms with Gasteiger partial charge >= 0.3 is 0 Å². The third-order valence-corrected chi connectivity index (χ3v) is 19.2. The molecule has 2 aliphatic carbocycles. The Labute approximate surface area is 500 Å². The van der Waals surface area contributed by atoms with E-state index >= 15 is 0 Å². The highest BCUT2D eigenvalue weighted by molar-refractivity contribution is 6.13. The first kappa shape index (κ1) is 48.5. The van der Waals surface area contributed by atoms with Crippen LogP contribution in [0.15, 0.2) is 328 Å². The second-order valence-electron chi connectivity index (χ2n) is 23.4. The number of hydrogen-bond acceptors (Lipinski definition) is 1. The Bertz CT molecular complexity index is 5210. The molecule has 1 aromatic heterocycles. The summed E-state index contributed by atoms with van der Waals surface area (Å²) in [6, 6.07) is 123. The van der Waals surface area contributed by atoms with E-state index in [1.807, 2.05) is 0 Å². The van der Waals surface area contributed by atoms with Crippen LogP contribution in [-0.2, 0) is 10.8 Å². The van der Waals surface area contributed by atoms with E-state index in [-0.39, 0.29) is 0 Å². The molecule has 400 valence electrons. The van der Waals surface area contributed by atoms with Gasteiger partial charge in [0.15, 0.2) is 0 Å². The summed E-state index contributed by atoms with van der Waals surface area (Å²) in [6.45, 7) is 0. The van der Waals surface area contributed by atoms with Gasteiger partial charge in [0.05, 0.1) is 38.9 Å². The molecule has 1 atom stereocenters. The molecule has 86 heavy (non-hydrogen) atoms. The Hall–Kier alpha value is -11.1. The first-order valence-electron chi connectivity index (χ1n) is 30.0. The maximum atomic E-state index is 2.54. The SMILES string of the molecule is c1ccc(-c2cccc(-c3ccccc3N(c3ccc4cc(-c5ccc6c(c5)C5(c7ccccc7-6)c6ccccc6-n6c7ccccc7c7cccc5c76)ccc4c3)c3cccc4c3-c3ccccc3C4(c3ccccc3)c3ccccc3)c2)cc1. The average Bonchev–Trinajstić information content (AvgIpc) is 1.64. The molecule has 0 bridgehead atoms. The second kappa shape index (κ2) is 18.7. The number of fused-ring (bicyclic) bond motifs is 16. The van der Waals surface area contributed by atoms with E-state index in [9.17, 15) is 0 Å². The van der Waals surface area contributed by atoms with Gasteiger partial charge in [-0.05, 0) is 154 Å². The van der Waals surface area contributed by atoms with Crippen molar-refractivity contribution in [1.29, 1.82) is 0 Å². The lowest BCUT2D eigenvalue weighted by Gasteiger charge is -2.39. The number of aromatic nitrogens is 1. The molecule has 0 amide bonds. The molecule has 3 aliphatic rings. The molecule has 0 saturated heterocycles. The van der Waals surface area contributed by atoms with Crippen molar-refractivity contribution in [3.05, 3.63) is 372 Å². The fourth-order valence-corrected chi connectivity index (χ4v) is 15.8. The second-order valence-corrected chi connectivity index (χ2v) is 23.4. The Morgan fingerprint density at radius 3 is 1.60 bits per heavy atom. The van der Waals surface area contributed by atoms with Crippen molar-refractivity contribution in [2.45, 2.75) is 10.8 Å². The molecule has 0 radical (unpaired) electrons. The molecule has 18 rings (SSSR count). The normalized spacial score (nSPS) is 14.7. The minimum absolute atomic E-state index is 0.531. The highest BCUT2D eigenvalue weighted by Crippen LogP contribution is 2.63. The maximum Gasteiger partial charge on any atom is 0.0754 e. The minimum atomic E-state index is -0.562. The molecule has 1 unspecified atom stereocenters. The molecule has 0 N–H and O–H groups in total. The summed E-state index contributed by atoms with van der Waals surface area (Å²) >= 11 is 0. The zero-order valence-corrected chi connectivity index (χ0v) is 47.1. The molecule has 2 heterocycles. The van der Waals surface area contributed by atoms with E-state index in [1.54, 1.807) is 0 Å². The van der Waals surface area contributed by atoms with Gasteiger partial charge in [0.1, 0.15) is 0 Å². The molecule has 1 spiro atoms. The van der Waals surface area contributed by atoms with Gasteiger partial charge in [0, 0.05) is 27.6 Å². The molecular formula is C84H54N2. The monoisotopic (exact) mass is 1090 g/mol. The molecular weight excluding hydrogens is 1040 g/mol. The molecule has 0 fully saturated rings. The molecule has 2 nitrogen and oxygen atoms in total. The summed E-state index contributed by atoms with van der Waals surface area (Å²) in [5.74, 6) is 0. The number of para-hydroxylation sites is 4. The lowest BCUT2D eigenvalue weighted by molar-refractivity contribution is 0.749. The van der Waals surface area contributed by atoms with Crippen LogP contribution in [0.1, 0.15) is 44.5 Å². The van der Waals surface area contributed by atoms with E-state index in [0.29, 0.717) is 0 Å². The standard InChI is InChI=1S/C84H54N2/c1-4-23-55(24-5-1)56-25-20-26-61(52-56)65-31-12-17-41-77(65)85(80-44-22-39-74-81(80)70-34-11-15-37-72(70)83(74,62-27-6-2-7-28-62)63-29-8-3-9-30-63)64-49-47-58-51-57(45-46-59(58)53-64)60-48-50-67-66-32-10-14-36-71(66)84(76(67)54-60)73-38-16-19-43-79(73)86-78-42-18-13-33-68(78)69-35-21-40-75(84)82(69)86/h1-54H. The van der Waals surface area contributed by atoms with Gasteiger partial charge in [-0.2, -0.15) is 0 Å². The van der Waals surface area contributed by atoms with Gasteiger partial charge < -0.3 is 9.47 Å². The van der Waals surface area contributed by atoms with Crippen molar-refractivity contribution >= 4 is 49.6 Å². The minimum Gasteiger partial charge on any atom is -0.309 e. The average molecular weight is 1090 g/mol. The predicted molar refractivity (Wildman–Crippen MR) is 357 cm³/mol. The van der Waals surface area contributed by atoms with Crippen LogP contribution in [0.2, 0.25) is 0 Å². The van der Waals surface area contributed by atoms with E-state index in [1.165, 1.54) is 127 Å². The highest BCUT2D eigenvalue weighted by Gasteiger charge is 2.51. The van der Waals surface area contributed by atoms with Crippen molar-refractivity contribution in [3.63, 3.8) is 0 Å². The van der Waals surface area contributed by atoms with E-state index in [2.05, 4.69) is 337 Å². The lowest BCUT2D eigenvalue weighted by Crippen LogP contribution is -2.33. The molecule has 15 aromatic rings. The van der Waals surface area contributed by atoms with Crippen molar-refractivity contribution in [1.82, 2.24) is 4.57 Å². The summed E-state index contributed by atoms with van der Waals surface area (Å²) in [4.78, 5) is 2.54. The van der Waals surface area contributed by atoms with E-state index < -0.39 is 10.8 Å². The summed E-state index contributed by atoms with van der Waals surface area (Å²) in [5, 5.41) is 4.92.